The van der Waals surface area contributed by atoms with Gasteiger partial charge in [-0.15, -0.1) is 0 Å². The molecule has 1 aromatic rings. The molecule has 404 valence electrons. The first kappa shape index (κ1) is 64.6. The van der Waals surface area contributed by atoms with Crippen molar-refractivity contribution in [3.05, 3.63) is 35.9 Å². The van der Waals surface area contributed by atoms with Crippen LogP contribution in [-0.2, 0) is 63.9 Å². The normalized spacial score (nSPS) is 14.1. The molecule has 0 aliphatic carbocycles. The highest BCUT2D eigenvalue weighted by atomic mass is 33.1. The summed E-state index contributed by atoms with van der Waals surface area (Å²) in [6.45, 7) is 12.1. The Kier molecular flexibility index (Phi) is 30.6. The fourth-order valence-corrected chi connectivity index (χ4v) is 9.20. The van der Waals surface area contributed by atoms with Crippen molar-refractivity contribution in [3.8, 4) is 0 Å². The SMILES string of the molecule is CCOC(=O)CCSC(=O)CNC(=O)[C@H](Cc1ccccc1)NC(=O)[C@@H](NC(=O)CNC(=O)[C@H](CC(N)=O)NC(=O)[C@H](CC(C)C)NC(=O)CNC(=O)[C@H](CO)NC(=O)[C@@H](N)CSSC(C)(C)C)[C@@H](C)CC. The zero-order valence-corrected chi connectivity index (χ0v) is 44.7. The molecule has 0 saturated carbocycles. The van der Waals surface area contributed by atoms with Crippen LogP contribution in [0.3, 0.4) is 0 Å². The third kappa shape index (κ3) is 27.4. The van der Waals surface area contributed by atoms with Crippen molar-refractivity contribution < 1.29 is 62.6 Å². The Morgan fingerprint density at radius 2 is 1.25 bits per heavy atom. The minimum Gasteiger partial charge on any atom is -0.466 e. The van der Waals surface area contributed by atoms with Crippen LogP contribution in [-0.4, -0.2) is 155 Å². The third-order valence-corrected chi connectivity index (χ3v) is 14.2. The number of ether oxygens (including phenoxy) is 1. The van der Waals surface area contributed by atoms with E-state index in [-0.39, 0.29) is 48.0 Å². The molecule has 0 spiro atoms. The van der Waals surface area contributed by atoms with Gasteiger partial charge in [0.2, 0.25) is 58.3 Å². The molecule has 0 radical (unpaired) electrons. The molecule has 0 aromatic heterocycles. The van der Waals surface area contributed by atoms with Crippen LogP contribution >= 0.6 is 33.3 Å². The first-order valence-electron chi connectivity index (χ1n) is 23.4. The minimum absolute atomic E-state index is 0.00124. The summed E-state index contributed by atoms with van der Waals surface area (Å²) >= 11 is 0.839. The number of aliphatic hydroxyl groups is 1. The van der Waals surface area contributed by atoms with E-state index in [2.05, 4.69) is 42.5 Å². The lowest BCUT2D eigenvalue weighted by atomic mass is 9.97. The molecule has 0 heterocycles. The van der Waals surface area contributed by atoms with Gasteiger partial charge in [0.1, 0.15) is 30.2 Å². The van der Waals surface area contributed by atoms with Crippen LogP contribution < -0.4 is 54.0 Å². The Balaban J connectivity index is 3.02. The molecule has 7 atom stereocenters. The maximum atomic E-state index is 13.8. The fraction of sp³-hybridized carbons (Fsp3) is 0.630. The van der Waals surface area contributed by atoms with Gasteiger partial charge in [0, 0.05) is 22.7 Å². The quantitative estimate of drug-likeness (QED) is 0.0287. The lowest BCUT2D eigenvalue weighted by Gasteiger charge is -2.27. The molecule has 13 N–H and O–H groups in total. The van der Waals surface area contributed by atoms with E-state index in [4.69, 9.17) is 16.2 Å². The first-order chi connectivity index (χ1) is 33.8. The maximum absolute atomic E-state index is 13.8. The monoisotopic (exact) mass is 1070 g/mol. The van der Waals surface area contributed by atoms with E-state index < -0.39 is 139 Å². The standard InChI is InChI=1S/C46H74N10O13S3/c1-9-27(5)39(45(68)54-31(19-28-14-12-11-13-15-28)41(64)51-23-38(62)70-17-16-37(61)69-10-2)56-36(60)22-49-42(65)32(20-34(48)58)53-44(67)30(18-26(3)4)52-35(59)21-50-43(66)33(24-57)55-40(63)29(47)25-71-72-46(6,7)8/h11-15,26-27,29-33,39,57H,9-10,16-25,47H2,1-8H3,(H2,48,58)(H,49,65)(H,50,66)(H,51,64)(H,52,59)(H,53,67)(H,54,68)(H,55,63)(H,56,60)/t27-,29-,30-,31-,32-,33-,39-/m0/s1. The van der Waals surface area contributed by atoms with Crippen LogP contribution in [0.4, 0.5) is 0 Å². The van der Waals surface area contributed by atoms with E-state index in [0.29, 0.717) is 12.0 Å². The number of hydrogen-bond acceptors (Lipinski definition) is 17. The number of thioether (sulfide) groups is 1. The number of rotatable bonds is 33. The highest BCUT2D eigenvalue weighted by molar-refractivity contribution is 8.77. The number of aliphatic hydroxyl groups excluding tert-OH is 1. The number of nitrogens with one attached hydrogen (secondary N) is 8. The Labute approximate surface area is 433 Å². The van der Waals surface area contributed by atoms with Gasteiger partial charge in [-0.2, -0.15) is 0 Å². The van der Waals surface area contributed by atoms with E-state index in [9.17, 15) is 57.8 Å². The molecule has 1 rings (SSSR count). The van der Waals surface area contributed by atoms with E-state index in [1.165, 1.54) is 21.6 Å². The Morgan fingerprint density at radius 1 is 0.694 bits per heavy atom. The van der Waals surface area contributed by atoms with Gasteiger partial charge < -0.3 is 63.8 Å². The second-order valence-electron chi connectivity index (χ2n) is 17.9. The highest BCUT2D eigenvalue weighted by Gasteiger charge is 2.33. The molecular formula is C46H74N10O13S3. The molecule has 0 aliphatic rings. The molecule has 72 heavy (non-hydrogen) atoms. The van der Waals surface area contributed by atoms with Gasteiger partial charge in [-0.25, -0.2) is 0 Å². The summed E-state index contributed by atoms with van der Waals surface area (Å²) in [5.74, 6) is -8.46. The number of nitrogens with two attached hydrogens (primary N) is 2. The van der Waals surface area contributed by atoms with Crippen LogP contribution in [0.5, 0.6) is 0 Å². The fourth-order valence-electron chi connectivity index (χ4n) is 6.11. The van der Waals surface area contributed by atoms with Gasteiger partial charge in [-0.05, 0) is 30.7 Å². The lowest BCUT2D eigenvalue weighted by molar-refractivity contribution is -0.142. The summed E-state index contributed by atoms with van der Waals surface area (Å²) in [4.78, 5) is 142. The summed E-state index contributed by atoms with van der Waals surface area (Å²) in [5.41, 5.74) is 12.0. The maximum Gasteiger partial charge on any atom is 0.306 e. The van der Waals surface area contributed by atoms with Crippen molar-refractivity contribution in [1.29, 1.82) is 0 Å². The number of esters is 1. The van der Waals surface area contributed by atoms with Gasteiger partial charge in [0.05, 0.1) is 51.7 Å². The molecule has 9 amide bonds. The van der Waals surface area contributed by atoms with E-state index >= 15 is 0 Å². The summed E-state index contributed by atoms with van der Waals surface area (Å²) < 4.78 is 4.77. The van der Waals surface area contributed by atoms with Crippen molar-refractivity contribution in [2.45, 2.75) is 128 Å². The molecule has 0 fully saturated rings. The number of benzene rings is 1. The van der Waals surface area contributed by atoms with Crippen LogP contribution in [0.1, 0.15) is 86.6 Å². The van der Waals surface area contributed by atoms with Crippen molar-refractivity contribution in [2.24, 2.45) is 23.3 Å². The van der Waals surface area contributed by atoms with Crippen molar-refractivity contribution in [3.63, 3.8) is 0 Å². The smallest absolute Gasteiger partial charge is 0.306 e. The van der Waals surface area contributed by atoms with Crippen LogP contribution in [0.15, 0.2) is 30.3 Å². The van der Waals surface area contributed by atoms with Crippen molar-refractivity contribution >= 4 is 97.6 Å². The Morgan fingerprint density at radius 3 is 1.81 bits per heavy atom. The molecule has 0 bridgehead atoms. The predicted molar refractivity (Wildman–Crippen MR) is 275 cm³/mol. The molecule has 0 saturated heterocycles. The van der Waals surface area contributed by atoms with Crippen LogP contribution in [0.25, 0.3) is 0 Å². The zero-order chi connectivity index (χ0) is 54.6. The molecule has 0 unspecified atom stereocenters. The predicted octanol–water partition coefficient (Wildman–Crippen LogP) is -1.32. The summed E-state index contributed by atoms with van der Waals surface area (Å²) in [6, 6.07) is 0.933. The molecule has 1 aromatic carbocycles. The van der Waals surface area contributed by atoms with Crippen LogP contribution in [0.2, 0.25) is 0 Å². The Hall–Kier alpha value is -5.44. The van der Waals surface area contributed by atoms with Crippen molar-refractivity contribution in [1.82, 2.24) is 42.5 Å². The third-order valence-electron chi connectivity index (χ3n) is 9.96. The number of amides is 9. The van der Waals surface area contributed by atoms with Gasteiger partial charge in [-0.1, -0.05) is 119 Å². The highest BCUT2D eigenvalue weighted by Crippen LogP contribution is 2.35. The number of primary amides is 1. The number of carbonyl (C=O) groups excluding carboxylic acids is 11. The molecule has 0 aliphatic heterocycles. The van der Waals surface area contributed by atoms with Gasteiger partial charge in [0.15, 0.2) is 0 Å². The molecule has 23 nitrogen and oxygen atoms in total. The summed E-state index contributed by atoms with van der Waals surface area (Å²) in [6.07, 6.45) is -0.283. The minimum atomic E-state index is -1.63. The van der Waals surface area contributed by atoms with E-state index in [1.54, 1.807) is 65.0 Å². The summed E-state index contributed by atoms with van der Waals surface area (Å²) in [5, 5.41) is 28.9. The molecule has 26 heteroatoms. The number of carbonyl (C=O) groups is 11. The Bertz CT molecular complexity index is 1990. The van der Waals surface area contributed by atoms with Gasteiger partial charge in [-0.3, -0.25) is 52.7 Å². The summed E-state index contributed by atoms with van der Waals surface area (Å²) in [7, 11) is 2.89. The first-order valence-corrected chi connectivity index (χ1v) is 26.7. The average molecular weight is 1070 g/mol. The van der Waals surface area contributed by atoms with Gasteiger partial charge in [0.25, 0.3) is 0 Å². The molecular weight excluding hydrogens is 997 g/mol. The van der Waals surface area contributed by atoms with Gasteiger partial charge >= 0.3 is 5.97 Å². The van der Waals surface area contributed by atoms with Crippen LogP contribution in [0, 0.1) is 11.8 Å². The van der Waals surface area contributed by atoms with Crippen molar-refractivity contribution in [2.75, 3.05) is 44.4 Å². The topological polar surface area (TPSA) is 366 Å². The average Bonchev–Trinajstić information content (AvgIpc) is 3.31. The van der Waals surface area contributed by atoms with E-state index in [1.807, 2.05) is 20.8 Å². The second kappa shape index (κ2) is 34.1. The van der Waals surface area contributed by atoms with E-state index in [0.717, 1.165) is 11.8 Å². The lowest BCUT2D eigenvalue weighted by Crippen LogP contribution is -2.58. The zero-order valence-electron chi connectivity index (χ0n) is 42.2. The second-order valence-corrected chi connectivity index (χ2v) is 22.2. The largest absolute Gasteiger partial charge is 0.466 e. The number of hydrogen-bond donors (Lipinski definition) is 11.